The number of nitrogens with one attached hydrogen (secondary N) is 1. The van der Waals surface area contributed by atoms with Gasteiger partial charge in [-0.15, -0.1) is 0 Å². The zero-order valence-corrected chi connectivity index (χ0v) is 11.9. The standard InChI is InChI=1S/C15H21N3O2.H2/c1-4-6-14(12(3)11-16)20-13-7-9-18(10-8-13)15(19)17-5-2;/h4,6,13H,1,3,5,7-10H2,2H3,(H,17,19);1H/b14-6+;. The fourth-order valence-corrected chi connectivity index (χ4v) is 1.99. The fourth-order valence-electron chi connectivity index (χ4n) is 1.99. The molecule has 0 saturated carbocycles. The van der Waals surface area contributed by atoms with Gasteiger partial charge in [0.05, 0.1) is 5.57 Å². The molecule has 1 heterocycles. The highest BCUT2D eigenvalue weighted by Crippen LogP contribution is 2.20. The third kappa shape index (κ3) is 4.47. The maximum Gasteiger partial charge on any atom is 0.317 e. The highest BCUT2D eigenvalue weighted by atomic mass is 16.5. The third-order valence-electron chi connectivity index (χ3n) is 3.05. The SMILES string of the molecule is C=C/C=C(/OC1CCN(C(=O)NCC)CC1)C(=C)C#N.[HH]. The van der Waals surface area contributed by atoms with Crippen molar-refractivity contribution in [3.63, 3.8) is 0 Å². The summed E-state index contributed by atoms with van der Waals surface area (Å²) in [5, 5.41) is 11.7. The van der Waals surface area contributed by atoms with E-state index < -0.39 is 0 Å². The van der Waals surface area contributed by atoms with E-state index in [9.17, 15) is 4.79 Å². The number of nitriles is 1. The number of nitrogens with zero attached hydrogens (tertiary/aromatic N) is 2. The molecule has 0 aromatic heterocycles. The molecule has 1 aliphatic heterocycles. The molecular weight excluding hydrogens is 254 g/mol. The lowest BCUT2D eigenvalue weighted by Crippen LogP contribution is -2.45. The van der Waals surface area contributed by atoms with Crippen molar-refractivity contribution < 1.29 is 11.0 Å². The smallest absolute Gasteiger partial charge is 0.317 e. The fraction of sp³-hybridized carbons (Fsp3) is 0.467. The Morgan fingerprint density at radius 1 is 1.60 bits per heavy atom. The molecule has 0 atom stereocenters. The van der Waals surface area contributed by atoms with Gasteiger partial charge in [0.25, 0.3) is 0 Å². The van der Waals surface area contributed by atoms with Gasteiger partial charge in [0.15, 0.2) is 0 Å². The number of rotatable bonds is 5. The van der Waals surface area contributed by atoms with Crippen LogP contribution in [-0.2, 0) is 4.74 Å². The first-order valence-corrected chi connectivity index (χ1v) is 6.73. The maximum absolute atomic E-state index is 11.7. The van der Waals surface area contributed by atoms with Gasteiger partial charge in [-0.2, -0.15) is 5.26 Å². The number of amides is 2. The van der Waals surface area contributed by atoms with Crippen molar-refractivity contribution in [2.24, 2.45) is 0 Å². The summed E-state index contributed by atoms with van der Waals surface area (Å²) >= 11 is 0. The lowest BCUT2D eigenvalue weighted by Gasteiger charge is -2.32. The molecule has 1 aliphatic rings. The Bertz CT molecular complexity index is 446. The predicted octanol–water partition coefficient (Wildman–Crippen LogP) is 2.59. The van der Waals surface area contributed by atoms with Crippen LogP contribution in [0.3, 0.4) is 0 Å². The van der Waals surface area contributed by atoms with Gasteiger partial charge in [-0.25, -0.2) is 4.79 Å². The molecule has 0 spiro atoms. The molecule has 5 nitrogen and oxygen atoms in total. The number of carbonyl (C=O) groups is 1. The molecule has 1 N–H and O–H groups in total. The van der Waals surface area contributed by atoms with Crippen LogP contribution < -0.4 is 5.32 Å². The number of hydrogen-bond acceptors (Lipinski definition) is 3. The summed E-state index contributed by atoms with van der Waals surface area (Å²) in [6, 6.07) is 1.94. The van der Waals surface area contributed by atoms with E-state index in [1.54, 1.807) is 17.1 Å². The van der Waals surface area contributed by atoms with E-state index in [0.29, 0.717) is 25.4 Å². The molecule has 5 heteroatoms. The number of likely N-dealkylation sites (tertiary alicyclic amines) is 1. The van der Waals surface area contributed by atoms with Crippen LogP contribution in [0.15, 0.2) is 36.6 Å². The van der Waals surface area contributed by atoms with E-state index in [4.69, 9.17) is 10.00 Å². The highest BCUT2D eigenvalue weighted by molar-refractivity contribution is 5.74. The molecule has 2 amide bonds. The molecule has 0 bridgehead atoms. The van der Waals surface area contributed by atoms with Gasteiger partial charge in [-0.05, 0) is 13.0 Å². The zero-order valence-electron chi connectivity index (χ0n) is 11.9. The van der Waals surface area contributed by atoms with Crippen molar-refractivity contribution in [2.75, 3.05) is 19.6 Å². The number of ether oxygens (including phenoxy) is 1. The van der Waals surface area contributed by atoms with E-state index >= 15 is 0 Å². The van der Waals surface area contributed by atoms with Crippen LogP contribution in [-0.4, -0.2) is 36.7 Å². The topological polar surface area (TPSA) is 65.4 Å². The van der Waals surface area contributed by atoms with Crippen molar-refractivity contribution in [3.05, 3.63) is 36.6 Å². The van der Waals surface area contributed by atoms with Gasteiger partial charge < -0.3 is 15.0 Å². The molecule has 1 fully saturated rings. The van der Waals surface area contributed by atoms with E-state index in [0.717, 1.165) is 12.8 Å². The Balaban J connectivity index is 0.00000400. The van der Waals surface area contributed by atoms with Gasteiger partial charge in [0, 0.05) is 33.9 Å². The Kier molecular flexibility index (Phi) is 6.38. The van der Waals surface area contributed by atoms with Crippen LogP contribution in [0.2, 0.25) is 0 Å². The summed E-state index contributed by atoms with van der Waals surface area (Å²) in [4.78, 5) is 13.5. The molecular formula is C15H23N3O2. The lowest BCUT2D eigenvalue weighted by atomic mass is 10.1. The maximum atomic E-state index is 11.7. The van der Waals surface area contributed by atoms with E-state index in [2.05, 4.69) is 18.5 Å². The van der Waals surface area contributed by atoms with Crippen molar-refractivity contribution >= 4 is 6.03 Å². The number of hydrogen-bond donors (Lipinski definition) is 1. The third-order valence-corrected chi connectivity index (χ3v) is 3.05. The minimum atomic E-state index is -0.0331. The van der Waals surface area contributed by atoms with Gasteiger partial charge >= 0.3 is 6.03 Å². The first kappa shape index (κ1) is 15.8. The second kappa shape index (κ2) is 8.05. The van der Waals surface area contributed by atoms with Crippen molar-refractivity contribution in [2.45, 2.75) is 25.9 Å². The molecule has 0 radical (unpaired) electrons. The zero-order chi connectivity index (χ0) is 15.0. The predicted molar refractivity (Wildman–Crippen MR) is 79.9 cm³/mol. The Labute approximate surface area is 121 Å². The normalized spacial score (nSPS) is 16.2. The molecule has 20 heavy (non-hydrogen) atoms. The summed E-state index contributed by atoms with van der Waals surface area (Å²) in [5.41, 5.74) is 0.288. The van der Waals surface area contributed by atoms with Crippen LogP contribution in [0, 0.1) is 11.3 Å². The Morgan fingerprint density at radius 2 is 2.25 bits per heavy atom. The Hall–Kier alpha value is -2.22. The summed E-state index contributed by atoms with van der Waals surface area (Å²) < 4.78 is 5.78. The van der Waals surface area contributed by atoms with E-state index in [-0.39, 0.29) is 19.1 Å². The van der Waals surface area contributed by atoms with E-state index in [1.165, 1.54) is 0 Å². The summed E-state index contributed by atoms with van der Waals surface area (Å²) in [6.45, 7) is 11.1. The van der Waals surface area contributed by atoms with Crippen LogP contribution in [0.25, 0.3) is 0 Å². The van der Waals surface area contributed by atoms with Crippen LogP contribution in [0.4, 0.5) is 4.79 Å². The van der Waals surface area contributed by atoms with E-state index in [1.807, 2.05) is 13.0 Å². The molecule has 110 valence electrons. The van der Waals surface area contributed by atoms with Crippen LogP contribution >= 0.6 is 0 Å². The first-order valence-electron chi connectivity index (χ1n) is 6.73. The Morgan fingerprint density at radius 3 is 2.75 bits per heavy atom. The summed E-state index contributed by atoms with van der Waals surface area (Å²) in [7, 11) is 0. The van der Waals surface area contributed by atoms with Crippen LogP contribution in [0.5, 0.6) is 0 Å². The van der Waals surface area contributed by atoms with Crippen molar-refractivity contribution in [1.82, 2.24) is 10.2 Å². The largest absolute Gasteiger partial charge is 0.489 e. The molecule has 0 aliphatic carbocycles. The average Bonchev–Trinajstić information content (AvgIpc) is 2.47. The van der Waals surface area contributed by atoms with Crippen LogP contribution in [0.1, 0.15) is 21.2 Å². The molecule has 0 unspecified atom stereocenters. The van der Waals surface area contributed by atoms with Gasteiger partial charge in [0.1, 0.15) is 17.9 Å². The minimum absolute atomic E-state index is 0. The lowest BCUT2D eigenvalue weighted by molar-refractivity contribution is 0.0646. The summed E-state index contributed by atoms with van der Waals surface area (Å²) in [6.07, 6.45) is 4.69. The first-order chi connectivity index (χ1) is 9.62. The van der Waals surface area contributed by atoms with Crippen molar-refractivity contribution in [3.8, 4) is 6.07 Å². The quantitative estimate of drug-likeness (QED) is 0.477. The van der Waals surface area contributed by atoms with Crippen molar-refractivity contribution in [1.29, 1.82) is 5.26 Å². The van der Waals surface area contributed by atoms with Gasteiger partial charge in [-0.3, -0.25) is 0 Å². The second-order valence-electron chi connectivity index (χ2n) is 4.50. The molecule has 0 aromatic carbocycles. The second-order valence-corrected chi connectivity index (χ2v) is 4.50. The number of allylic oxidation sites excluding steroid dienone is 3. The highest BCUT2D eigenvalue weighted by Gasteiger charge is 2.24. The summed E-state index contributed by atoms with van der Waals surface area (Å²) in [5.74, 6) is 0.457. The average molecular weight is 277 g/mol. The molecule has 0 aromatic rings. The van der Waals surface area contributed by atoms with Gasteiger partial charge in [0.2, 0.25) is 0 Å². The number of urea groups is 1. The minimum Gasteiger partial charge on any atom is -0.489 e. The molecule has 1 saturated heterocycles. The monoisotopic (exact) mass is 277 g/mol. The number of piperidine rings is 1. The van der Waals surface area contributed by atoms with Gasteiger partial charge in [-0.1, -0.05) is 19.2 Å². The number of carbonyl (C=O) groups excluding carboxylic acids is 1. The molecule has 1 rings (SSSR count).